The van der Waals surface area contributed by atoms with Crippen molar-refractivity contribution in [3.63, 3.8) is 0 Å². The van der Waals surface area contributed by atoms with E-state index in [-0.39, 0.29) is 6.09 Å². The molecule has 0 unspecified atom stereocenters. The molecule has 50 heavy (non-hydrogen) atoms. The summed E-state index contributed by atoms with van der Waals surface area (Å²) in [6, 6.07) is 12.1. The quantitative estimate of drug-likeness (QED) is 0.0982. The number of benzene rings is 2. The molecule has 0 atom stereocenters. The number of carbonyl (C=O) groups excluding carboxylic acids is 3. The van der Waals surface area contributed by atoms with Gasteiger partial charge in [0.1, 0.15) is 5.60 Å². The molecule has 9 nitrogen and oxygen atoms in total. The minimum atomic E-state index is -1.94. The molecule has 0 fully saturated rings. The summed E-state index contributed by atoms with van der Waals surface area (Å²) in [4.78, 5) is 45.3. The van der Waals surface area contributed by atoms with Gasteiger partial charge in [-0.2, -0.15) is 0 Å². The number of fused-ring (bicyclic) bond motifs is 1. The molecule has 266 valence electrons. The number of carbonyl (C=O) groups is 3. The Bertz CT molecular complexity index is 1970. The van der Waals surface area contributed by atoms with Crippen molar-refractivity contribution in [3.8, 4) is 0 Å². The molecular formula is C40H52N4O5Si. The topological polar surface area (TPSA) is 106 Å². The second-order valence-electron chi connectivity index (χ2n) is 15.8. The summed E-state index contributed by atoms with van der Waals surface area (Å²) in [6.45, 7) is 21.5. The van der Waals surface area contributed by atoms with Crippen molar-refractivity contribution in [1.82, 2.24) is 19.8 Å². The van der Waals surface area contributed by atoms with Gasteiger partial charge in [-0.15, -0.1) is 0 Å². The molecule has 0 aliphatic carbocycles. The first kappa shape index (κ1) is 35.7. The number of amides is 3. The van der Waals surface area contributed by atoms with Gasteiger partial charge < -0.3 is 23.6 Å². The molecule has 2 N–H and O–H groups in total. The van der Waals surface area contributed by atoms with Gasteiger partial charge in [0.05, 0.1) is 23.2 Å². The molecule has 0 saturated heterocycles. The second kappa shape index (κ2) is 13.5. The number of imide groups is 1. The van der Waals surface area contributed by atoms with Crippen LogP contribution in [0.4, 0.5) is 4.79 Å². The Morgan fingerprint density at radius 2 is 1.52 bits per heavy atom. The van der Waals surface area contributed by atoms with Crippen molar-refractivity contribution in [1.29, 1.82) is 0 Å². The predicted molar refractivity (Wildman–Crippen MR) is 202 cm³/mol. The van der Waals surface area contributed by atoms with Crippen LogP contribution in [0.1, 0.15) is 91.0 Å². The number of hydrogen-bond acceptors (Lipinski definition) is 5. The van der Waals surface area contributed by atoms with E-state index < -0.39 is 25.7 Å². The van der Waals surface area contributed by atoms with Crippen molar-refractivity contribution in [2.45, 2.75) is 110 Å². The maximum atomic E-state index is 13.6. The van der Waals surface area contributed by atoms with E-state index in [0.717, 1.165) is 52.4 Å². The third-order valence-electron chi connectivity index (χ3n) is 10.5. The van der Waals surface area contributed by atoms with E-state index in [4.69, 9.17) is 9.16 Å². The Balaban J connectivity index is 1.32. The lowest BCUT2D eigenvalue weighted by Gasteiger charge is -2.42. The van der Waals surface area contributed by atoms with Crippen molar-refractivity contribution in [3.05, 3.63) is 71.0 Å². The minimum absolute atomic E-state index is 0.353. The standard InChI is InChI=1S/C40H52N4O5Si/c1-24(2)50(25(3)4,26(5)6)48-20-12-15-27-13-10-16-29-31(21-41-35(27)29)33-34(38(46)42-37(33)45)32-23-43-18-19-44(39(47)49-40(7,8)9)22-28-14-11-17-30(32)36(28)43/h10-11,13-14,16-17,21,23-26,41H,12,15,18-20,22H2,1-9H3,(H,42,45,46). The lowest BCUT2D eigenvalue weighted by atomic mass is 9.94. The zero-order valence-electron chi connectivity index (χ0n) is 31.0. The highest BCUT2D eigenvalue weighted by molar-refractivity contribution is 6.77. The monoisotopic (exact) mass is 696 g/mol. The number of nitrogens with zero attached hydrogens (tertiary/aromatic N) is 2. The van der Waals surface area contributed by atoms with Crippen molar-refractivity contribution in [2.75, 3.05) is 13.2 Å². The number of aryl methyl sites for hydroxylation is 1. The van der Waals surface area contributed by atoms with Crippen LogP contribution in [-0.4, -0.2) is 59.4 Å². The van der Waals surface area contributed by atoms with Crippen LogP contribution in [0.3, 0.4) is 0 Å². The number of H-pyrrole nitrogens is 1. The first-order chi connectivity index (χ1) is 23.6. The summed E-state index contributed by atoms with van der Waals surface area (Å²) in [5.74, 6) is -0.806. The fourth-order valence-corrected chi connectivity index (χ4v) is 14.0. The van der Waals surface area contributed by atoms with E-state index in [2.05, 4.69) is 62.5 Å². The highest BCUT2D eigenvalue weighted by Crippen LogP contribution is 2.43. The molecule has 0 spiro atoms. The van der Waals surface area contributed by atoms with Crippen molar-refractivity contribution in [2.24, 2.45) is 0 Å². The van der Waals surface area contributed by atoms with Gasteiger partial charge in [0.15, 0.2) is 8.32 Å². The summed E-state index contributed by atoms with van der Waals surface area (Å²) in [6.07, 6.45) is 5.20. The van der Waals surface area contributed by atoms with Crippen molar-refractivity contribution >= 4 is 59.2 Å². The Morgan fingerprint density at radius 1 is 0.880 bits per heavy atom. The molecule has 0 radical (unpaired) electrons. The number of aromatic amines is 1. The molecule has 2 aromatic heterocycles. The number of aromatic nitrogens is 2. The first-order valence-corrected chi connectivity index (χ1v) is 20.2. The van der Waals surface area contributed by atoms with Gasteiger partial charge >= 0.3 is 6.09 Å². The summed E-state index contributed by atoms with van der Waals surface area (Å²) in [5, 5.41) is 4.37. The van der Waals surface area contributed by atoms with Gasteiger partial charge in [-0.05, 0) is 61.4 Å². The van der Waals surface area contributed by atoms with Gasteiger partial charge in [-0.25, -0.2) is 4.79 Å². The van der Waals surface area contributed by atoms with Gasteiger partial charge in [-0.1, -0.05) is 77.9 Å². The number of ether oxygens (including phenoxy) is 1. The maximum Gasteiger partial charge on any atom is 0.410 e. The first-order valence-electron chi connectivity index (χ1n) is 18.1. The zero-order valence-corrected chi connectivity index (χ0v) is 32.0. The van der Waals surface area contributed by atoms with Gasteiger partial charge in [0.2, 0.25) is 0 Å². The second-order valence-corrected chi connectivity index (χ2v) is 21.3. The average Bonchev–Trinajstić information content (AvgIpc) is 3.66. The third-order valence-corrected chi connectivity index (χ3v) is 16.6. The highest BCUT2D eigenvalue weighted by atomic mass is 28.4. The molecule has 4 aromatic rings. The van der Waals surface area contributed by atoms with Crippen LogP contribution in [0.15, 0.2) is 48.8 Å². The number of para-hydroxylation sites is 2. The van der Waals surface area contributed by atoms with Crippen LogP contribution >= 0.6 is 0 Å². The van der Waals surface area contributed by atoms with E-state index in [1.807, 2.05) is 63.5 Å². The zero-order chi connectivity index (χ0) is 36.1. The highest BCUT2D eigenvalue weighted by Gasteiger charge is 2.45. The smallest absolute Gasteiger partial charge is 0.410 e. The Kier molecular flexibility index (Phi) is 9.65. The summed E-state index contributed by atoms with van der Waals surface area (Å²) in [5.41, 5.74) is 7.23. The fraction of sp³-hybridized carbons (Fsp3) is 0.475. The maximum absolute atomic E-state index is 13.6. The van der Waals surface area contributed by atoms with E-state index in [1.165, 1.54) is 0 Å². The van der Waals surface area contributed by atoms with Gasteiger partial charge in [0, 0.05) is 59.5 Å². The lowest BCUT2D eigenvalue weighted by Crippen LogP contribution is -2.48. The Labute approximate surface area is 296 Å². The minimum Gasteiger partial charge on any atom is -0.444 e. The number of hydrogen-bond donors (Lipinski definition) is 2. The number of rotatable bonds is 10. The molecule has 3 amide bonds. The van der Waals surface area contributed by atoms with E-state index in [1.54, 1.807) is 4.90 Å². The van der Waals surface area contributed by atoms with E-state index in [9.17, 15) is 14.4 Å². The average molecular weight is 697 g/mol. The van der Waals surface area contributed by atoms with Crippen molar-refractivity contribution < 1.29 is 23.5 Å². The van der Waals surface area contributed by atoms with E-state index in [0.29, 0.717) is 58.5 Å². The molecule has 10 heteroatoms. The third kappa shape index (κ3) is 6.32. The molecule has 2 aliphatic heterocycles. The van der Waals surface area contributed by atoms with Crippen LogP contribution < -0.4 is 5.32 Å². The molecule has 6 rings (SSSR count). The molecule has 4 heterocycles. The largest absolute Gasteiger partial charge is 0.444 e. The number of nitrogens with one attached hydrogen (secondary N) is 2. The van der Waals surface area contributed by atoms with Crippen LogP contribution in [0.25, 0.3) is 33.0 Å². The summed E-state index contributed by atoms with van der Waals surface area (Å²) < 4.78 is 14.6. The van der Waals surface area contributed by atoms with E-state index >= 15 is 0 Å². The fourth-order valence-electron chi connectivity index (χ4n) is 8.55. The van der Waals surface area contributed by atoms with Crippen LogP contribution in [0, 0.1) is 0 Å². The molecule has 0 saturated carbocycles. The molecule has 2 aliphatic rings. The Morgan fingerprint density at radius 3 is 2.18 bits per heavy atom. The van der Waals surface area contributed by atoms with Crippen LogP contribution in [0.2, 0.25) is 16.6 Å². The van der Waals surface area contributed by atoms with Gasteiger partial charge in [-0.3, -0.25) is 14.9 Å². The predicted octanol–water partition coefficient (Wildman–Crippen LogP) is 8.57. The summed E-state index contributed by atoms with van der Waals surface area (Å²) >= 11 is 0. The Hall–Kier alpha value is -4.15. The SMILES string of the molecule is CC(C)[Si](OCCCc1cccc2c(C3=C(c4cn5c6c(cccc46)CN(C(=O)OC(C)(C)C)CC5)C(=O)NC3=O)c[nH]c12)(C(C)C)C(C)C. The van der Waals surface area contributed by atoms with Crippen LogP contribution in [0.5, 0.6) is 0 Å². The van der Waals surface area contributed by atoms with Crippen LogP contribution in [-0.2, 0) is 38.3 Å². The lowest BCUT2D eigenvalue weighted by molar-refractivity contribution is -0.122. The van der Waals surface area contributed by atoms with Gasteiger partial charge in [0.25, 0.3) is 11.8 Å². The molecule has 2 aromatic carbocycles. The molecule has 0 bridgehead atoms. The molecular weight excluding hydrogens is 645 g/mol. The normalized spacial score (nSPS) is 15.7. The summed E-state index contributed by atoms with van der Waals surface area (Å²) in [7, 11) is -1.94.